The van der Waals surface area contributed by atoms with E-state index in [0.29, 0.717) is 18.3 Å². The van der Waals surface area contributed by atoms with E-state index in [-0.39, 0.29) is 19.2 Å². The normalized spacial score (nSPS) is 26.2. The number of hydrogen-bond donors (Lipinski definition) is 2. The van der Waals surface area contributed by atoms with E-state index in [1.165, 1.54) is 0 Å². The zero-order chi connectivity index (χ0) is 20.7. The first-order chi connectivity index (χ1) is 14.6. The van der Waals surface area contributed by atoms with Gasteiger partial charge in [-0.25, -0.2) is 13.8 Å². The number of piperidine rings is 1. The first-order valence-corrected chi connectivity index (χ1v) is 10.8. The highest BCUT2D eigenvalue weighted by Crippen LogP contribution is 2.33. The van der Waals surface area contributed by atoms with Crippen molar-refractivity contribution in [2.45, 2.75) is 50.6 Å². The van der Waals surface area contributed by atoms with Crippen LogP contribution in [0.15, 0.2) is 24.3 Å². The fourth-order valence-electron chi connectivity index (χ4n) is 4.70. The van der Waals surface area contributed by atoms with Crippen molar-refractivity contribution in [1.82, 2.24) is 9.97 Å². The summed E-state index contributed by atoms with van der Waals surface area (Å²) in [5, 5.41) is 13.1. The molecule has 0 radical (unpaired) electrons. The second kappa shape index (κ2) is 7.98. The molecule has 160 valence electrons. The zero-order valence-corrected chi connectivity index (χ0v) is 16.9. The topological polar surface area (TPSA) is 64.5 Å². The lowest BCUT2D eigenvalue weighted by Crippen LogP contribution is -2.38. The lowest BCUT2D eigenvalue weighted by molar-refractivity contribution is 0.154. The molecule has 0 saturated carbocycles. The van der Waals surface area contributed by atoms with E-state index in [9.17, 15) is 13.9 Å². The molecule has 3 heterocycles. The van der Waals surface area contributed by atoms with Gasteiger partial charge >= 0.3 is 0 Å². The van der Waals surface area contributed by atoms with Gasteiger partial charge in [-0.1, -0.05) is 0 Å². The molecule has 8 heteroatoms. The predicted octanol–water partition coefficient (Wildman–Crippen LogP) is 3.17. The molecule has 1 aromatic carbocycles. The van der Waals surface area contributed by atoms with Crippen LogP contribution in [-0.4, -0.2) is 59.7 Å². The molecule has 2 aliphatic heterocycles. The molecule has 2 aromatic rings. The average molecular weight is 415 g/mol. The number of nitrogens with one attached hydrogen (secondary N) is 1. The number of aliphatic hydroxyl groups excluding tert-OH is 1. The molecule has 2 N–H and O–H groups in total. The van der Waals surface area contributed by atoms with Crippen LogP contribution in [0.5, 0.6) is 0 Å². The molecular weight excluding hydrogens is 388 g/mol. The summed E-state index contributed by atoms with van der Waals surface area (Å²) in [6.07, 6.45) is 1.35. The highest BCUT2D eigenvalue weighted by Gasteiger charge is 2.36. The third-order valence-electron chi connectivity index (χ3n) is 6.28. The highest BCUT2D eigenvalue weighted by atomic mass is 19.2. The standard InChI is InChI=1S/C22H27F2N5O/c23-18-12-29(13-19(18)24)21-17-4-1-5-20(17)26-22(27-21)25-14-6-8-15(9-7-14)28-10-2-3-16(30)11-28/h6-9,16,18-19,30H,1-5,10-13H2,(H,25,26,27)/t16?,18-,19-/m0/s1. The number of aliphatic hydroxyl groups is 1. The van der Waals surface area contributed by atoms with Crippen LogP contribution in [0.1, 0.15) is 30.5 Å². The van der Waals surface area contributed by atoms with Crippen molar-refractivity contribution in [1.29, 1.82) is 0 Å². The van der Waals surface area contributed by atoms with Crippen molar-refractivity contribution in [3.63, 3.8) is 0 Å². The largest absolute Gasteiger partial charge is 0.391 e. The minimum absolute atomic E-state index is 0.0421. The molecule has 1 aromatic heterocycles. The second-order valence-electron chi connectivity index (χ2n) is 8.50. The van der Waals surface area contributed by atoms with Crippen molar-refractivity contribution >= 4 is 23.1 Å². The zero-order valence-electron chi connectivity index (χ0n) is 16.9. The third-order valence-corrected chi connectivity index (χ3v) is 6.28. The molecule has 0 spiro atoms. The van der Waals surface area contributed by atoms with Gasteiger partial charge in [-0.15, -0.1) is 0 Å². The van der Waals surface area contributed by atoms with Gasteiger partial charge in [0.2, 0.25) is 5.95 Å². The SMILES string of the molecule is OC1CCCN(c2ccc(Nc3nc4c(c(N5C[C@H](F)[C@@H](F)C5)n3)CCC4)cc2)C1. The van der Waals surface area contributed by atoms with Crippen LogP contribution < -0.4 is 15.1 Å². The molecule has 30 heavy (non-hydrogen) atoms. The van der Waals surface area contributed by atoms with Gasteiger partial charge in [-0.3, -0.25) is 0 Å². The lowest BCUT2D eigenvalue weighted by Gasteiger charge is -2.32. The summed E-state index contributed by atoms with van der Waals surface area (Å²) in [5.74, 6) is 1.13. The highest BCUT2D eigenvalue weighted by molar-refractivity contribution is 5.62. The number of aryl methyl sites for hydroxylation is 1. The molecule has 0 bridgehead atoms. The van der Waals surface area contributed by atoms with Crippen LogP contribution >= 0.6 is 0 Å². The second-order valence-corrected chi connectivity index (χ2v) is 8.50. The molecule has 2 saturated heterocycles. The Labute approximate surface area is 174 Å². The van der Waals surface area contributed by atoms with Gasteiger partial charge in [0.1, 0.15) is 5.82 Å². The quantitative estimate of drug-likeness (QED) is 0.800. The van der Waals surface area contributed by atoms with E-state index >= 15 is 0 Å². The number of β-amino-alcohol motifs (C(OH)–C–C–N with tert-alkyl or cyclic N) is 1. The molecular formula is C22H27F2N5O. The number of benzene rings is 1. The summed E-state index contributed by atoms with van der Waals surface area (Å²) >= 11 is 0. The third kappa shape index (κ3) is 3.80. The van der Waals surface area contributed by atoms with Crippen LogP contribution in [0.25, 0.3) is 0 Å². The Bertz CT molecular complexity index is 899. The number of rotatable bonds is 4. The molecule has 0 amide bonds. The van der Waals surface area contributed by atoms with E-state index in [1.54, 1.807) is 4.90 Å². The number of aromatic nitrogens is 2. The van der Waals surface area contributed by atoms with Gasteiger partial charge in [0.05, 0.1) is 24.9 Å². The van der Waals surface area contributed by atoms with Crippen LogP contribution in [0, 0.1) is 0 Å². The Morgan fingerprint density at radius 1 is 0.933 bits per heavy atom. The summed E-state index contributed by atoms with van der Waals surface area (Å²) < 4.78 is 27.5. The van der Waals surface area contributed by atoms with E-state index < -0.39 is 12.3 Å². The number of nitrogens with zero attached hydrogens (tertiary/aromatic N) is 4. The maximum absolute atomic E-state index is 13.8. The molecule has 1 unspecified atom stereocenters. The summed E-state index contributed by atoms with van der Waals surface area (Å²) in [4.78, 5) is 13.2. The van der Waals surface area contributed by atoms with Crippen molar-refractivity contribution < 1.29 is 13.9 Å². The van der Waals surface area contributed by atoms with Crippen molar-refractivity contribution in [2.24, 2.45) is 0 Å². The van der Waals surface area contributed by atoms with E-state index in [1.807, 2.05) is 24.3 Å². The molecule has 2 fully saturated rings. The van der Waals surface area contributed by atoms with Gasteiger partial charge in [0, 0.05) is 30.0 Å². The fourth-order valence-corrected chi connectivity index (χ4v) is 4.70. The average Bonchev–Trinajstić information content (AvgIpc) is 3.34. The predicted molar refractivity (Wildman–Crippen MR) is 113 cm³/mol. The number of anilines is 4. The molecule has 3 atom stereocenters. The van der Waals surface area contributed by atoms with Crippen LogP contribution in [0.3, 0.4) is 0 Å². The minimum atomic E-state index is -1.46. The van der Waals surface area contributed by atoms with E-state index in [0.717, 1.165) is 61.3 Å². The van der Waals surface area contributed by atoms with E-state index in [2.05, 4.69) is 20.2 Å². The van der Waals surface area contributed by atoms with Crippen LogP contribution in [0.4, 0.5) is 31.9 Å². The Morgan fingerprint density at radius 3 is 2.43 bits per heavy atom. The number of halogens is 2. The van der Waals surface area contributed by atoms with E-state index in [4.69, 9.17) is 0 Å². The number of hydrogen-bond acceptors (Lipinski definition) is 6. The fraction of sp³-hybridized carbons (Fsp3) is 0.545. The van der Waals surface area contributed by atoms with Gasteiger partial charge in [0.25, 0.3) is 0 Å². The number of fused-ring (bicyclic) bond motifs is 1. The molecule has 3 aliphatic rings. The molecule has 1 aliphatic carbocycles. The Balaban J connectivity index is 1.35. The smallest absolute Gasteiger partial charge is 0.229 e. The first-order valence-electron chi connectivity index (χ1n) is 10.8. The molecule has 6 nitrogen and oxygen atoms in total. The first kappa shape index (κ1) is 19.5. The minimum Gasteiger partial charge on any atom is -0.391 e. The maximum atomic E-state index is 13.8. The summed E-state index contributed by atoms with van der Waals surface area (Å²) in [7, 11) is 0. The van der Waals surface area contributed by atoms with Gasteiger partial charge in [-0.2, -0.15) is 4.98 Å². The van der Waals surface area contributed by atoms with Crippen molar-refractivity contribution in [2.75, 3.05) is 41.3 Å². The van der Waals surface area contributed by atoms with Gasteiger partial charge < -0.3 is 20.2 Å². The summed E-state index contributed by atoms with van der Waals surface area (Å²) in [5.41, 5.74) is 3.93. The maximum Gasteiger partial charge on any atom is 0.229 e. The molecule has 5 rings (SSSR count). The van der Waals surface area contributed by atoms with Crippen LogP contribution in [0.2, 0.25) is 0 Å². The lowest BCUT2D eigenvalue weighted by atomic mass is 10.1. The van der Waals surface area contributed by atoms with Crippen molar-refractivity contribution in [3.05, 3.63) is 35.5 Å². The van der Waals surface area contributed by atoms with Crippen LogP contribution in [-0.2, 0) is 12.8 Å². The summed E-state index contributed by atoms with van der Waals surface area (Å²) in [6, 6.07) is 7.99. The van der Waals surface area contributed by atoms with Crippen molar-refractivity contribution in [3.8, 4) is 0 Å². The van der Waals surface area contributed by atoms with Gasteiger partial charge in [-0.05, 0) is 56.4 Å². The van der Waals surface area contributed by atoms with Gasteiger partial charge in [0.15, 0.2) is 12.3 Å². The monoisotopic (exact) mass is 415 g/mol. The summed E-state index contributed by atoms with van der Waals surface area (Å²) in [6.45, 7) is 1.69. The Kier molecular flexibility index (Phi) is 5.18. The Morgan fingerprint density at radius 2 is 1.70 bits per heavy atom. The Hall–Kier alpha value is -2.48. The number of alkyl halides is 2.